The third-order valence-corrected chi connectivity index (χ3v) is 5.68. The molecule has 0 unspecified atom stereocenters. The molecule has 2 aromatic rings. The smallest absolute Gasteiger partial charge is 0.211 e. The third-order valence-electron chi connectivity index (χ3n) is 4.41. The summed E-state index contributed by atoms with van der Waals surface area (Å²) >= 11 is 0. The minimum atomic E-state index is -3.17. The van der Waals surface area contributed by atoms with Gasteiger partial charge in [-0.2, -0.15) is 5.10 Å². The number of piperidine rings is 1. The normalized spacial score (nSPS) is 19.5. The van der Waals surface area contributed by atoms with Crippen LogP contribution in [-0.4, -0.2) is 51.8 Å². The zero-order valence-corrected chi connectivity index (χ0v) is 15.1. The summed E-state index contributed by atoms with van der Waals surface area (Å²) in [5.41, 5.74) is 2.71. The Morgan fingerprint density at radius 1 is 1.33 bits per heavy atom. The fourth-order valence-electron chi connectivity index (χ4n) is 3.22. The lowest BCUT2D eigenvalue weighted by atomic mass is 9.95. The molecule has 3 rings (SSSR count). The van der Waals surface area contributed by atoms with Crippen LogP contribution in [0.25, 0.3) is 11.4 Å². The molecule has 0 spiro atoms. The van der Waals surface area contributed by atoms with Gasteiger partial charge >= 0.3 is 0 Å². The summed E-state index contributed by atoms with van der Waals surface area (Å²) in [5, 5.41) is 4.30. The van der Waals surface area contributed by atoms with Crippen molar-refractivity contribution >= 4 is 10.0 Å². The highest BCUT2D eigenvalue weighted by molar-refractivity contribution is 7.88. The van der Waals surface area contributed by atoms with Crippen molar-refractivity contribution < 1.29 is 8.42 Å². The van der Waals surface area contributed by atoms with E-state index in [1.54, 1.807) is 10.5 Å². The number of aryl methyl sites for hydroxylation is 2. The average molecular weight is 349 g/mol. The fourth-order valence-corrected chi connectivity index (χ4v) is 4.13. The molecule has 0 aliphatic carbocycles. The van der Waals surface area contributed by atoms with Gasteiger partial charge in [-0.1, -0.05) is 0 Å². The highest BCUT2D eigenvalue weighted by atomic mass is 32.2. The lowest BCUT2D eigenvalue weighted by Crippen LogP contribution is -2.38. The summed E-state index contributed by atoms with van der Waals surface area (Å²) in [6.45, 7) is 5.76. The van der Waals surface area contributed by atoms with E-state index in [-0.39, 0.29) is 5.92 Å². The van der Waals surface area contributed by atoms with Crippen LogP contribution in [0.2, 0.25) is 0 Å². The largest absolute Gasteiger partial charge is 0.264 e. The molecule has 0 radical (unpaired) electrons. The topological polar surface area (TPSA) is 81.0 Å². The predicted molar refractivity (Wildman–Crippen MR) is 92.1 cm³/mol. The maximum atomic E-state index is 11.8. The Balaban J connectivity index is 1.94. The zero-order chi connectivity index (χ0) is 17.3. The lowest BCUT2D eigenvalue weighted by molar-refractivity contribution is 0.314. The first-order valence-electron chi connectivity index (χ1n) is 8.21. The van der Waals surface area contributed by atoms with Crippen LogP contribution >= 0.6 is 0 Å². The van der Waals surface area contributed by atoms with Gasteiger partial charge < -0.3 is 0 Å². The van der Waals surface area contributed by atoms with E-state index in [1.807, 2.05) is 30.7 Å². The van der Waals surface area contributed by atoms with E-state index in [2.05, 4.69) is 15.1 Å². The van der Waals surface area contributed by atoms with Gasteiger partial charge in [-0.3, -0.25) is 4.68 Å². The number of sulfonamides is 1. The average Bonchev–Trinajstić information content (AvgIpc) is 3.02. The van der Waals surface area contributed by atoms with Crippen molar-refractivity contribution in [2.24, 2.45) is 0 Å². The predicted octanol–water partition coefficient (Wildman–Crippen LogP) is 1.81. The van der Waals surface area contributed by atoms with Gasteiger partial charge in [-0.05, 0) is 38.8 Å². The third kappa shape index (κ3) is 3.49. The van der Waals surface area contributed by atoms with Gasteiger partial charge in [0.1, 0.15) is 5.82 Å². The zero-order valence-electron chi connectivity index (χ0n) is 14.3. The Kier molecular flexibility index (Phi) is 4.69. The molecule has 0 amide bonds. The molecule has 0 saturated carbocycles. The molecular weight excluding hydrogens is 326 g/mol. The van der Waals surface area contributed by atoms with Crippen molar-refractivity contribution in [3.63, 3.8) is 0 Å². The molecule has 1 aliphatic rings. The lowest BCUT2D eigenvalue weighted by Gasteiger charge is -2.30. The molecule has 130 valence electrons. The van der Waals surface area contributed by atoms with Gasteiger partial charge in [-0.15, -0.1) is 0 Å². The Bertz CT molecular complexity index is 831. The van der Waals surface area contributed by atoms with Crippen molar-refractivity contribution in [3.05, 3.63) is 29.8 Å². The summed E-state index contributed by atoms with van der Waals surface area (Å²) in [5.74, 6) is 0.801. The van der Waals surface area contributed by atoms with Crippen molar-refractivity contribution in [2.75, 3.05) is 19.3 Å². The molecule has 8 heteroatoms. The van der Waals surface area contributed by atoms with E-state index in [0.717, 1.165) is 36.5 Å². The molecular formula is C16H23N5O2S. The van der Waals surface area contributed by atoms with E-state index in [4.69, 9.17) is 0 Å². The Morgan fingerprint density at radius 2 is 2.12 bits per heavy atom. The van der Waals surface area contributed by atoms with Crippen LogP contribution < -0.4 is 0 Å². The Labute approximate surface area is 142 Å². The summed E-state index contributed by atoms with van der Waals surface area (Å²) in [4.78, 5) is 9.12. The Hall–Kier alpha value is -1.80. The number of hydrogen-bond acceptors (Lipinski definition) is 5. The van der Waals surface area contributed by atoms with E-state index in [0.29, 0.717) is 18.9 Å². The van der Waals surface area contributed by atoms with Crippen molar-refractivity contribution in [1.82, 2.24) is 24.1 Å². The first-order valence-corrected chi connectivity index (χ1v) is 10.1. The van der Waals surface area contributed by atoms with Gasteiger partial charge in [0.15, 0.2) is 0 Å². The second-order valence-electron chi connectivity index (χ2n) is 6.22. The van der Waals surface area contributed by atoms with Gasteiger partial charge in [-0.25, -0.2) is 22.7 Å². The molecule has 7 nitrogen and oxygen atoms in total. The minimum Gasteiger partial charge on any atom is -0.264 e. The van der Waals surface area contributed by atoms with E-state index in [9.17, 15) is 8.42 Å². The Morgan fingerprint density at radius 3 is 2.83 bits per heavy atom. The maximum absolute atomic E-state index is 11.8. The van der Waals surface area contributed by atoms with Crippen LogP contribution in [0.15, 0.2) is 18.3 Å². The second kappa shape index (κ2) is 6.60. The van der Waals surface area contributed by atoms with Crippen LogP contribution in [0.1, 0.15) is 37.2 Å². The summed E-state index contributed by atoms with van der Waals surface area (Å²) in [6.07, 6.45) is 4.83. The SMILES string of the molecule is CCn1nccc1-c1cc([C@@H]2CCCN(S(C)(=O)=O)C2)nc(C)n1. The molecule has 0 bridgehead atoms. The van der Waals surface area contributed by atoms with Gasteiger partial charge in [0.2, 0.25) is 10.0 Å². The summed E-state index contributed by atoms with van der Waals surface area (Å²) in [6, 6.07) is 3.92. The van der Waals surface area contributed by atoms with Crippen LogP contribution in [0.4, 0.5) is 0 Å². The van der Waals surface area contributed by atoms with Crippen molar-refractivity contribution in [2.45, 2.75) is 39.2 Å². The van der Waals surface area contributed by atoms with Crippen molar-refractivity contribution in [1.29, 1.82) is 0 Å². The molecule has 0 N–H and O–H groups in total. The highest BCUT2D eigenvalue weighted by Gasteiger charge is 2.28. The van der Waals surface area contributed by atoms with Crippen LogP contribution in [0, 0.1) is 6.92 Å². The quantitative estimate of drug-likeness (QED) is 0.841. The first kappa shape index (κ1) is 17.0. The summed E-state index contributed by atoms with van der Waals surface area (Å²) in [7, 11) is -3.17. The fraction of sp³-hybridized carbons (Fsp3) is 0.562. The van der Waals surface area contributed by atoms with E-state index in [1.165, 1.54) is 6.26 Å². The molecule has 24 heavy (non-hydrogen) atoms. The molecule has 1 saturated heterocycles. The van der Waals surface area contributed by atoms with Crippen LogP contribution in [0.5, 0.6) is 0 Å². The standard InChI is InChI=1S/C16H23N5O2S/c1-4-21-16(7-8-17-21)15-10-14(18-12(2)19-15)13-6-5-9-20(11-13)24(3,22)23/h7-8,10,13H,4-6,9,11H2,1-3H3/t13-/m1/s1. The number of nitrogens with zero attached hydrogens (tertiary/aromatic N) is 5. The molecule has 2 aromatic heterocycles. The molecule has 3 heterocycles. The molecule has 1 aliphatic heterocycles. The van der Waals surface area contributed by atoms with E-state index < -0.39 is 10.0 Å². The highest BCUT2D eigenvalue weighted by Crippen LogP contribution is 2.29. The first-order chi connectivity index (χ1) is 11.4. The molecule has 1 atom stereocenters. The number of aromatic nitrogens is 4. The van der Waals surface area contributed by atoms with Crippen LogP contribution in [0.3, 0.4) is 0 Å². The maximum Gasteiger partial charge on any atom is 0.211 e. The van der Waals surface area contributed by atoms with Gasteiger partial charge in [0.25, 0.3) is 0 Å². The monoisotopic (exact) mass is 349 g/mol. The van der Waals surface area contributed by atoms with Gasteiger partial charge in [0.05, 0.1) is 17.6 Å². The van der Waals surface area contributed by atoms with E-state index >= 15 is 0 Å². The minimum absolute atomic E-state index is 0.104. The number of rotatable bonds is 4. The number of hydrogen-bond donors (Lipinski definition) is 0. The second-order valence-corrected chi connectivity index (χ2v) is 8.20. The molecule has 1 fully saturated rings. The summed E-state index contributed by atoms with van der Waals surface area (Å²) < 4.78 is 27.1. The van der Waals surface area contributed by atoms with Gasteiger partial charge in [0, 0.05) is 37.4 Å². The molecule has 0 aromatic carbocycles. The van der Waals surface area contributed by atoms with Crippen LogP contribution in [-0.2, 0) is 16.6 Å². The van der Waals surface area contributed by atoms with Crippen molar-refractivity contribution in [3.8, 4) is 11.4 Å².